The molecule has 2 aliphatic heterocycles. The Labute approximate surface area is 221 Å². The first-order valence-corrected chi connectivity index (χ1v) is 13.3. The Balaban J connectivity index is 1.35. The van der Waals surface area contributed by atoms with E-state index in [1.54, 1.807) is 0 Å². The normalized spacial score (nSPS) is 19.1. The number of carbonyl (C=O) groups excluding carboxylic acids is 2. The van der Waals surface area contributed by atoms with Gasteiger partial charge < -0.3 is 5.32 Å². The average Bonchev–Trinajstić information content (AvgIpc) is 3.43. The summed E-state index contributed by atoms with van der Waals surface area (Å²) in [6.45, 7) is 8.11. The maximum absolute atomic E-state index is 12.9. The molecule has 0 bridgehead atoms. The maximum atomic E-state index is 12.9. The van der Waals surface area contributed by atoms with Crippen LogP contribution in [0, 0.1) is 27.7 Å². The molecule has 0 saturated heterocycles. The molecule has 188 valence electrons. The Hall–Kier alpha value is -3.71. The third-order valence-corrected chi connectivity index (χ3v) is 7.70. The SMILES string of the molecule is Cc1ccc(C2=NN(C3=NC(=O)C(CC(=O)Nc4cc(C)cc(C)c4)S3)C(c3ccc(C)cc3)C2)cc1. The highest BCUT2D eigenvalue weighted by Gasteiger charge is 2.39. The zero-order valence-electron chi connectivity index (χ0n) is 21.5. The van der Waals surface area contributed by atoms with Crippen molar-refractivity contribution in [3.63, 3.8) is 0 Å². The molecule has 2 unspecified atom stereocenters. The fourth-order valence-electron chi connectivity index (χ4n) is 4.69. The summed E-state index contributed by atoms with van der Waals surface area (Å²) >= 11 is 1.32. The van der Waals surface area contributed by atoms with E-state index < -0.39 is 5.25 Å². The number of aryl methyl sites for hydroxylation is 4. The molecule has 0 saturated carbocycles. The topological polar surface area (TPSA) is 74.1 Å². The van der Waals surface area contributed by atoms with Gasteiger partial charge in [0.15, 0.2) is 5.17 Å². The van der Waals surface area contributed by atoms with Gasteiger partial charge in [0.25, 0.3) is 5.91 Å². The van der Waals surface area contributed by atoms with Gasteiger partial charge >= 0.3 is 0 Å². The van der Waals surface area contributed by atoms with Crippen molar-refractivity contribution in [1.29, 1.82) is 0 Å². The van der Waals surface area contributed by atoms with Crippen LogP contribution in [-0.4, -0.2) is 33.0 Å². The second-order valence-electron chi connectivity index (χ2n) is 9.86. The molecule has 1 N–H and O–H groups in total. The number of rotatable bonds is 5. The quantitative estimate of drug-likeness (QED) is 0.450. The maximum Gasteiger partial charge on any atom is 0.262 e. The van der Waals surface area contributed by atoms with E-state index in [0.29, 0.717) is 11.6 Å². The molecule has 7 heteroatoms. The summed E-state index contributed by atoms with van der Waals surface area (Å²) in [5, 5.41) is 9.70. The number of hydrazone groups is 1. The number of amides is 2. The van der Waals surface area contributed by atoms with E-state index >= 15 is 0 Å². The highest BCUT2D eigenvalue weighted by atomic mass is 32.2. The molecule has 2 aliphatic rings. The lowest BCUT2D eigenvalue weighted by molar-refractivity contribution is -0.121. The molecule has 0 aromatic heterocycles. The summed E-state index contributed by atoms with van der Waals surface area (Å²) in [5.74, 6) is -0.495. The molecular weight excluding hydrogens is 480 g/mol. The van der Waals surface area contributed by atoms with Crippen LogP contribution in [0.25, 0.3) is 0 Å². The van der Waals surface area contributed by atoms with Crippen molar-refractivity contribution < 1.29 is 9.59 Å². The largest absolute Gasteiger partial charge is 0.326 e. The standard InChI is InChI=1S/C30H30N4O2S/c1-18-5-9-22(10-6-18)25-16-26(23-11-7-19(2)8-12-23)34(33-25)30-32-29(36)27(37-30)17-28(35)31-24-14-20(3)13-21(4)15-24/h5-15,26-27H,16-17H2,1-4H3,(H,31,35). The third kappa shape index (κ3) is 5.67. The Bertz CT molecular complexity index is 1390. The van der Waals surface area contributed by atoms with Gasteiger partial charge in [-0.1, -0.05) is 77.5 Å². The molecule has 37 heavy (non-hydrogen) atoms. The Morgan fingerprint density at radius 3 is 2.19 bits per heavy atom. The van der Waals surface area contributed by atoms with Crippen molar-refractivity contribution in [2.75, 3.05) is 5.32 Å². The molecule has 2 amide bonds. The summed E-state index contributed by atoms with van der Waals surface area (Å²) in [6.07, 6.45) is 0.763. The molecule has 0 radical (unpaired) electrons. The zero-order chi connectivity index (χ0) is 26.1. The van der Waals surface area contributed by atoms with Gasteiger partial charge in [0.1, 0.15) is 5.25 Å². The number of anilines is 1. The minimum atomic E-state index is -0.571. The smallest absolute Gasteiger partial charge is 0.262 e. The lowest BCUT2D eigenvalue weighted by Crippen LogP contribution is -2.25. The van der Waals surface area contributed by atoms with Crippen molar-refractivity contribution in [3.8, 4) is 0 Å². The first-order chi connectivity index (χ1) is 17.7. The fraction of sp³-hybridized carbons (Fsp3) is 0.267. The van der Waals surface area contributed by atoms with E-state index in [9.17, 15) is 9.59 Å². The number of hydrogen-bond acceptors (Lipinski definition) is 5. The van der Waals surface area contributed by atoms with Gasteiger partial charge in [-0.3, -0.25) is 9.59 Å². The summed E-state index contributed by atoms with van der Waals surface area (Å²) in [6, 6.07) is 22.6. The average molecular weight is 511 g/mol. The van der Waals surface area contributed by atoms with Crippen molar-refractivity contribution in [3.05, 3.63) is 100 Å². The first-order valence-electron chi connectivity index (χ1n) is 12.4. The number of aliphatic imine (C=N–C) groups is 1. The highest BCUT2D eigenvalue weighted by Crippen LogP contribution is 2.38. The number of nitrogens with one attached hydrogen (secondary N) is 1. The predicted octanol–water partition coefficient (Wildman–Crippen LogP) is 6.10. The van der Waals surface area contributed by atoms with Gasteiger partial charge in [0, 0.05) is 18.5 Å². The number of thioether (sulfide) groups is 1. The van der Waals surface area contributed by atoms with Crippen LogP contribution in [0.15, 0.2) is 76.8 Å². The number of carbonyl (C=O) groups is 2. The molecule has 0 aliphatic carbocycles. The number of hydrogen-bond donors (Lipinski definition) is 1. The zero-order valence-corrected chi connectivity index (χ0v) is 22.3. The molecule has 0 fully saturated rings. The van der Waals surface area contributed by atoms with E-state index in [1.165, 1.54) is 22.9 Å². The lowest BCUT2D eigenvalue weighted by Gasteiger charge is -2.23. The van der Waals surface area contributed by atoms with Crippen molar-refractivity contribution >= 4 is 40.1 Å². The second kappa shape index (κ2) is 10.3. The van der Waals surface area contributed by atoms with E-state index in [4.69, 9.17) is 5.10 Å². The molecular formula is C30H30N4O2S. The minimum Gasteiger partial charge on any atom is -0.326 e. The molecule has 0 spiro atoms. The number of amidine groups is 1. The van der Waals surface area contributed by atoms with Gasteiger partial charge in [-0.05, 0) is 62.1 Å². The van der Waals surface area contributed by atoms with Crippen molar-refractivity contribution in [2.24, 2.45) is 10.1 Å². The van der Waals surface area contributed by atoms with Crippen molar-refractivity contribution in [1.82, 2.24) is 5.01 Å². The summed E-state index contributed by atoms with van der Waals surface area (Å²) in [4.78, 5) is 30.0. The predicted molar refractivity (Wildman–Crippen MR) is 151 cm³/mol. The van der Waals surface area contributed by atoms with Gasteiger partial charge in [-0.15, -0.1) is 0 Å². The third-order valence-electron chi connectivity index (χ3n) is 6.56. The van der Waals surface area contributed by atoms with E-state index in [-0.39, 0.29) is 24.3 Å². The van der Waals surface area contributed by atoms with Crippen LogP contribution in [0.4, 0.5) is 5.69 Å². The van der Waals surface area contributed by atoms with Gasteiger partial charge in [0.2, 0.25) is 5.91 Å². The van der Waals surface area contributed by atoms with Crippen LogP contribution >= 0.6 is 11.8 Å². The molecule has 2 atom stereocenters. The molecule has 5 rings (SSSR count). The summed E-state index contributed by atoms with van der Waals surface area (Å²) in [5.41, 5.74) is 8.40. The van der Waals surface area contributed by atoms with Crippen LogP contribution in [0.2, 0.25) is 0 Å². The minimum absolute atomic E-state index is 0.0566. The molecule has 3 aromatic carbocycles. The van der Waals surface area contributed by atoms with E-state index in [2.05, 4.69) is 78.8 Å². The highest BCUT2D eigenvalue weighted by molar-refractivity contribution is 8.15. The fourth-order valence-corrected chi connectivity index (χ4v) is 5.75. The summed E-state index contributed by atoms with van der Waals surface area (Å²) < 4.78 is 0. The second-order valence-corrected chi connectivity index (χ2v) is 11.0. The lowest BCUT2D eigenvalue weighted by atomic mass is 9.97. The van der Waals surface area contributed by atoms with Crippen molar-refractivity contribution in [2.45, 2.75) is 51.8 Å². The molecule has 6 nitrogen and oxygen atoms in total. The van der Waals surface area contributed by atoms with Gasteiger partial charge in [-0.2, -0.15) is 10.1 Å². The van der Waals surface area contributed by atoms with Crippen LogP contribution in [0.5, 0.6) is 0 Å². The summed E-state index contributed by atoms with van der Waals surface area (Å²) in [7, 11) is 0. The van der Waals surface area contributed by atoms with Crippen LogP contribution < -0.4 is 5.32 Å². The Morgan fingerprint density at radius 2 is 1.54 bits per heavy atom. The number of benzene rings is 3. The Kier molecular flexibility index (Phi) is 6.98. The van der Waals surface area contributed by atoms with Crippen LogP contribution in [-0.2, 0) is 9.59 Å². The van der Waals surface area contributed by atoms with E-state index in [0.717, 1.165) is 33.7 Å². The van der Waals surface area contributed by atoms with Crippen LogP contribution in [0.1, 0.15) is 52.3 Å². The van der Waals surface area contributed by atoms with E-state index in [1.807, 2.05) is 31.0 Å². The Morgan fingerprint density at radius 1 is 0.919 bits per heavy atom. The first kappa shape index (κ1) is 25.0. The van der Waals surface area contributed by atoms with Gasteiger partial charge in [0.05, 0.1) is 11.8 Å². The van der Waals surface area contributed by atoms with Gasteiger partial charge in [-0.25, -0.2) is 5.01 Å². The van der Waals surface area contributed by atoms with Crippen LogP contribution in [0.3, 0.4) is 0 Å². The molecule has 2 heterocycles. The molecule has 3 aromatic rings. The number of nitrogens with zero attached hydrogens (tertiary/aromatic N) is 3. The monoisotopic (exact) mass is 510 g/mol.